The molecule has 4 aliphatic carbocycles. The van der Waals surface area contributed by atoms with E-state index in [1.54, 1.807) is 0 Å². The van der Waals surface area contributed by atoms with Gasteiger partial charge in [-0.15, -0.1) is 0 Å². The van der Waals surface area contributed by atoms with Crippen LogP contribution in [-0.2, 0) is 4.79 Å². The van der Waals surface area contributed by atoms with E-state index in [0.717, 1.165) is 37.1 Å². The third-order valence-corrected chi connectivity index (χ3v) is 6.91. The zero-order chi connectivity index (χ0) is 14.4. The first-order valence-electron chi connectivity index (χ1n) is 9.17. The maximum atomic E-state index is 12.9. The van der Waals surface area contributed by atoms with Gasteiger partial charge in [-0.3, -0.25) is 4.79 Å². The number of rotatable bonds is 3. The number of likely N-dealkylation sites (tertiary alicyclic amines) is 1. The monoisotopic (exact) mass is 290 g/mol. The molecule has 0 spiro atoms. The van der Waals surface area contributed by atoms with Gasteiger partial charge in [0.2, 0.25) is 5.91 Å². The van der Waals surface area contributed by atoms with Crippen molar-refractivity contribution in [3.8, 4) is 0 Å². The highest BCUT2D eigenvalue weighted by Gasteiger charge is 2.51. The molecule has 1 atom stereocenters. The molecule has 1 saturated heterocycles. The summed E-state index contributed by atoms with van der Waals surface area (Å²) < 4.78 is 0. The van der Waals surface area contributed by atoms with Gasteiger partial charge in [-0.1, -0.05) is 0 Å². The first kappa shape index (κ1) is 14.0. The number of hydrogen-bond acceptors (Lipinski definition) is 2. The van der Waals surface area contributed by atoms with Crippen molar-refractivity contribution < 1.29 is 4.79 Å². The smallest absolute Gasteiger partial charge is 0.223 e. The minimum atomic E-state index is 0.320. The lowest BCUT2D eigenvalue weighted by molar-refractivity contribution is -0.142. The van der Waals surface area contributed by atoms with Crippen molar-refractivity contribution in [1.82, 2.24) is 4.90 Å². The number of piperidine rings is 1. The number of nitrogens with two attached hydrogens (primary N) is 1. The zero-order valence-electron chi connectivity index (χ0n) is 13.2. The Labute approximate surface area is 128 Å². The highest BCUT2D eigenvalue weighted by Crippen LogP contribution is 2.61. The van der Waals surface area contributed by atoms with Crippen LogP contribution in [0.25, 0.3) is 0 Å². The molecule has 0 aromatic carbocycles. The average molecular weight is 290 g/mol. The van der Waals surface area contributed by atoms with Gasteiger partial charge < -0.3 is 10.6 Å². The molecular weight excluding hydrogens is 260 g/mol. The number of hydrogen-bond donors (Lipinski definition) is 1. The Morgan fingerprint density at radius 3 is 2.24 bits per heavy atom. The Hall–Kier alpha value is -0.570. The van der Waals surface area contributed by atoms with Crippen molar-refractivity contribution in [2.24, 2.45) is 28.9 Å². The van der Waals surface area contributed by atoms with E-state index in [1.807, 2.05) is 0 Å². The van der Waals surface area contributed by atoms with Crippen molar-refractivity contribution in [3.63, 3.8) is 0 Å². The van der Waals surface area contributed by atoms with Crippen LogP contribution in [0, 0.1) is 23.2 Å². The third-order valence-electron chi connectivity index (χ3n) is 6.91. The zero-order valence-corrected chi connectivity index (χ0v) is 13.2. The molecule has 4 bridgehead atoms. The summed E-state index contributed by atoms with van der Waals surface area (Å²) in [6, 6.07) is 0.320. The second kappa shape index (κ2) is 5.26. The van der Waals surface area contributed by atoms with Gasteiger partial charge in [-0.25, -0.2) is 0 Å². The Morgan fingerprint density at radius 2 is 1.67 bits per heavy atom. The van der Waals surface area contributed by atoms with Crippen LogP contribution in [0.4, 0.5) is 0 Å². The van der Waals surface area contributed by atoms with E-state index in [2.05, 4.69) is 4.90 Å². The van der Waals surface area contributed by atoms with Gasteiger partial charge in [-0.05, 0) is 81.0 Å². The second-order valence-corrected chi connectivity index (χ2v) is 8.57. The highest BCUT2D eigenvalue weighted by atomic mass is 16.2. The van der Waals surface area contributed by atoms with Gasteiger partial charge in [0, 0.05) is 25.6 Å². The molecule has 5 fully saturated rings. The molecule has 5 aliphatic rings. The molecule has 118 valence electrons. The fourth-order valence-corrected chi connectivity index (χ4v) is 6.50. The highest BCUT2D eigenvalue weighted by molar-refractivity contribution is 5.77. The number of amides is 1. The van der Waals surface area contributed by atoms with Crippen molar-refractivity contribution in [2.45, 2.75) is 70.3 Å². The van der Waals surface area contributed by atoms with Gasteiger partial charge in [0.25, 0.3) is 0 Å². The molecule has 0 radical (unpaired) electrons. The van der Waals surface area contributed by atoms with E-state index >= 15 is 0 Å². The molecule has 1 aliphatic heterocycles. The van der Waals surface area contributed by atoms with Gasteiger partial charge in [0.15, 0.2) is 0 Å². The molecule has 5 rings (SSSR count). The molecule has 0 aromatic heterocycles. The van der Waals surface area contributed by atoms with Crippen molar-refractivity contribution >= 4 is 5.91 Å². The van der Waals surface area contributed by atoms with E-state index < -0.39 is 0 Å². The number of carbonyl (C=O) groups excluding carboxylic acids is 1. The summed E-state index contributed by atoms with van der Waals surface area (Å²) in [6.07, 6.45) is 12.7. The maximum Gasteiger partial charge on any atom is 0.223 e. The summed E-state index contributed by atoms with van der Waals surface area (Å²) in [5, 5.41) is 0. The molecule has 2 N–H and O–H groups in total. The molecule has 1 unspecified atom stereocenters. The summed E-state index contributed by atoms with van der Waals surface area (Å²) in [7, 11) is 0. The van der Waals surface area contributed by atoms with E-state index in [0.29, 0.717) is 23.9 Å². The molecule has 1 amide bonds. The van der Waals surface area contributed by atoms with Gasteiger partial charge in [0.1, 0.15) is 0 Å². The fraction of sp³-hybridized carbons (Fsp3) is 0.944. The molecule has 1 heterocycles. The average Bonchev–Trinajstić information content (AvgIpc) is 2.45. The van der Waals surface area contributed by atoms with Crippen LogP contribution in [0.2, 0.25) is 0 Å². The molecule has 0 aromatic rings. The Kier molecular flexibility index (Phi) is 3.52. The van der Waals surface area contributed by atoms with Crippen LogP contribution in [-0.4, -0.2) is 29.9 Å². The normalized spacial score (nSPS) is 45.1. The SMILES string of the molecule is NCC1CCCCN1C(=O)CC12CC3CC(CC(C3)C1)C2. The maximum absolute atomic E-state index is 12.9. The van der Waals surface area contributed by atoms with Crippen LogP contribution >= 0.6 is 0 Å². The second-order valence-electron chi connectivity index (χ2n) is 8.57. The molecular formula is C18H30N2O. The summed E-state index contributed by atoms with van der Waals surface area (Å²) in [5.41, 5.74) is 6.28. The lowest BCUT2D eigenvalue weighted by Gasteiger charge is -2.57. The Balaban J connectivity index is 1.46. The fourth-order valence-electron chi connectivity index (χ4n) is 6.50. The largest absolute Gasteiger partial charge is 0.338 e. The van der Waals surface area contributed by atoms with Crippen LogP contribution < -0.4 is 5.73 Å². The van der Waals surface area contributed by atoms with E-state index in [9.17, 15) is 4.79 Å². The number of carbonyl (C=O) groups is 1. The third kappa shape index (κ3) is 2.52. The Morgan fingerprint density at radius 1 is 1.05 bits per heavy atom. The lowest BCUT2D eigenvalue weighted by Crippen LogP contribution is -2.52. The quantitative estimate of drug-likeness (QED) is 0.868. The summed E-state index contributed by atoms with van der Waals surface area (Å²) in [4.78, 5) is 15.1. The summed E-state index contributed by atoms with van der Waals surface area (Å²) in [6.45, 7) is 1.60. The lowest BCUT2D eigenvalue weighted by atomic mass is 9.49. The van der Waals surface area contributed by atoms with E-state index in [-0.39, 0.29) is 0 Å². The topological polar surface area (TPSA) is 46.3 Å². The molecule has 21 heavy (non-hydrogen) atoms. The standard InChI is InChI=1S/C18H30N2O/c19-12-16-3-1-2-4-20(16)17(21)11-18-8-13-5-14(9-18)7-15(6-13)10-18/h13-16H,1-12,19H2. The van der Waals surface area contributed by atoms with Crippen LogP contribution in [0.1, 0.15) is 64.2 Å². The first-order chi connectivity index (χ1) is 10.2. The molecule has 3 nitrogen and oxygen atoms in total. The number of nitrogens with zero attached hydrogens (tertiary/aromatic N) is 1. The van der Waals surface area contributed by atoms with E-state index in [1.165, 1.54) is 51.4 Å². The minimum Gasteiger partial charge on any atom is -0.338 e. The summed E-state index contributed by atoms with van der Waals surface area (Å²) in [5.74, 6) is 3.24. The predicted molar refractivity (Wildman–Crippen MR) is 83.6 cm³/mol. The Bertz CT molecular complexity index is 384. The van der Waals surface area contributed by atoms with Gasteiger partial charge >= 0.3 is 0 Å². The minimum absolute atomic E-state index is 0.320. The van der Waals surface area contributed by atoms with Crippen molar-refractivity contribution in [3.05, 3.63) is 0 Å². The van der Waals surface area contributed by atoms with Crippen LogP contribution in [0.15, 0.2) is 0 Å². The predicted octanol–water partition coefficient (Wildman–Crippen LogP) is 2.93. The van der Waals surface area contributed by atoms with Crippen molar-refractivity contribution in [1.29, 1.82) is 0 Å². The molecule has 4 saturated carbocycles. The van der Waals surface area contributed by atoms with E-state index in [4.69, 9.17) is 5.73 Å². The van der Waals surface area contributed by atoms with Gasteiger partial charge in [-0.2, -0.15) is 0 Å². The van der Waals surface area contributed by atoms with Crippen molar-refractivity contribution in [2.75, 3.05) is 13.1 Å². The van der Waals surface area contributed by atoms with Crippen LogP contribution in [0.3, 0.4) is 0 Å². The van der Waals surface area contributed by atoms with Gasteiger partial charge in [0.05, 0.1) is 0 Å². The molecule has 3 heteroatoms. The first-order valence-corrected chi connectivity index (χ1v) is 9.17. The summed E-state index contributed by atoms with van der Waals surface area (Å²) >= 11 is 0. The van der Waals surface area contributed by atoms with Crippen LogP contribution in [0.5, 0.6) is 0 Å².